The summed E-state index contributed by atoms with van der Waals surface area (Å²) in [7, 11) is 0. The molecule has 0 unspecified atom stereocenters. The van der Waals surface area contributed by atoms with Crippen LogP contribution in [-0.4, -0.2) is 30.7 Å². The highest BCUT2D eigenvalue weighted by molar-refractivity contribution is 7.16. The molecule has 3 aromatic heterocycles. The van der Waals surface area contributed by atoms with Gasteiger partial charge in [0.2, 0.25) is 10.9 Å². The van der Waals surface area contributed by atoms with Crippen LogP contribution in [0, 0.1) is 0 Å². The molecule has 102 valence electrons. The van der Waals surface area contributed by atoms with E-state index in [1.807, 2.05) is 12.1 Å². The molecule has 3 heterocycles. The van der Waals surface area contributed by atoms with Crippen molar-refractivity contribution in [1.82, 2.24) is 30.1 Å². The minimum atomic E-state index is -0.000168. The van der Waals surface area contributed by atoms with Gasteiger partial charge in [-0.25, -0.2) is 0 Å². The lowest BCUT2D eigenvalue weighted by molar-refractivity contribution is -0.121. The molecule has 0 aromatic carbocycles. The molecule has 1 amide bonds. The van der Waals surface area contributed by atoms with Crippen molar-refractivity contribution >= 4 is 22.2 Å². The maximum absolute atomic E-state index is 11.8. The van der Waals surface area contributed by atoms with Crippen LogP contribution in [0.15, 0.2) is 30.9 Å². The monoisotopic (exact) mass is 288 g/mol. The van der Waals surface area contributed by atoms with Gasteiger partial charge in [0, 0.05) is 31.8 Å². The van der Waals surface area contributed by atoms with Gasteiger partial charge >= 0.3 is 0 Å². The highest BCUT2D eigenvalue weighted by Crippen LogP contribution is 2.13. The van der Waals surface area contributed by atoms with Crippen molar-refractivity contribution in [3.8, 4) is 0 Å². The molecule has 0 bridgehead atoms. The van der Waals surface area contributed by atoms with E-state index in [2.05, 4.69) is 25.6 Å². The lowest BCUT2D eigenvalue weighted by Gasteiger charge is -2.03. The third-order valence-electron chi connectivity index (χ3n) is 2.71. The van der Waals surface area contributed by atoms with Crippen LogP contribution in [0.5, 0.6) is 0 Å². The average Bonchev–Trinajstić information content (AvgIpc) is 3.05. The number of aromatic nitrogens is 5. The van der Waals surface area contributed by atoms with Crippen LogP contribution >= 0.6 is 11.3 Å². The third kappa shape index (κ3) is 2.97. The molecule has 0 aliphatic carbocycles. The Bertz CT molecular complexity index is 678. The van der Waals surface area contributed by atoms with Gasteiger partial charge in [-0.15, -0.1) is 10.2 Å². The maximum atomic E-state index is 11.8. The summed E-state index contributed by atoms with van der Waals surface area (Å²) in [5.41, 5.74) is 0.986. The average molecular weight is 288 g/mol. The van der Waals surface area contributed by atoms with E-state index >= 15 is 0 Å². The molecule has 20 heavy (non-hydrogen) atoms. The third-order valence-corrected chi connectivity index (χ3v) is 3.68. The molecule has 0 atom stereocenters. The number of rotatable bonds is 5. The van der Waals surface area contributed by atoms with Crippen molar-refractivity contribution in [2.75, 3.05) is 0 Å². The van der Waals surface area contributed by atoms with Crippen LogP contribution in [0.4, 0.5) is 0 Å². The number of fused-ring (bicyclic) bond motifs is 1. The zero-order valence-corrected chi connectivity index (χ0v) is 11.4. The minimum Gasteiger partial charge on any atom is -0.352 e. The van der Waals surface area contributed by atoms with E-state index in [0.29, 0.717) is 19.4 Å². The maximum Gasteiger partial charge on any atom is 0.234 e. The van der Waals surface area contributed by atoms with Gasteiger partial charge in [0.15, 0.2) is 0 Å². The Morgan fingerprint density at radius 2 is 2.40 bits per heavy atom. The molecule has 3 rings (SSSR count). The second kappa shape index (κ2) is 5.74. The Morgan fingerprint density at radius 3 is 3.20 bits per heavy atom. The van der Waals surface area contributed by atoms with E-state index in [9.17, 15) is 4.79 Å². The number of pyridine rings is 1. The van der Waals surface area contributed by atoms with Gasteiger partial charge in [0.05, 0.1) is 0 Å². The van der Waals surface area contributed by atoms with Crippen LogP contribution in [0.1, 0.15) is 17.0 Å². The summed E-state index contributed by atoms with van der Waals surface area (Å²) < 4.78 is 1.62. The smallest absolute Gasteiger partial charge is 0.234 e. The van der Waals surface area contributed by atoms with Crippen molar-refractivity contribution < 1.29 is 4.79 Å². The number of amides is 1. The number of carbonyl (C=O) groups is 1. The van der Waals surface area contributed by atoms with E-state index in [1.165, 1.54) is 11.3 Å². The summed E-state index contributed by atoms with van der Waals surface area (Å²) in [6.07, 6.45) is 6.01. The number of carbonyl (C=O) groups excluding carboxylic acids is 1. The van der Waals surface area contributed by atoms with Crippen LogP contribution in [0.25, 0.3) is 4.96 Å². The Morgan fingerprint density at radius 1 is 1.45 bits per heavy atom. The quantitative estimate of drug-likeness (QED) is 0.751. The Labute approximate surface area is 118 Å². The minimum absolute atomic E-state index is 0.000168. The summed E-state index contributed by atoms with van der Waals surface area (Å²) in [6.45, 7) is 0.498. The zero-order valence-electron chi connectivity index (χ0n) is 10.6. The van der Waals surface area contributed by atoms with Gasteiger partial charge < -0.3 is 5.32 Å². The molecule has 8 heteroatoms. The Hall–Kier alpha value is -2.35. The normalized spacial score (nSPS) is 10.8. The van der Waals surface area contributed by atoms with E-state index in [1.54, 1.807) is 23.2 Å². The van der Waals surface area contributed by atoms with E-state index < -0.39 is 0 Å². The van der Waals surface area contributed by atoms with Crippen LogP contribution < -0.4 is 5.32 Å². The number of nitrogens with one attached hydrogen (secondary N) is 1. The molecule has 7 nitrogen and oxygen atoms in total. The molecule has 0 aliphatic rings. The molecule has 0 aliphatic heterocycles. The summed E-state index contributed by atoms with van der Waals surface area (Å²) in [5, 5.41) is 15.7. The first-order valence-electron chi connectivity index (χ1n) is 6.12. The van der Waals surface area contributed by atoms with Crippen molar-refractivity contribution in [2.24, 2.45) is 0 Å². The number of aryl methyl sites for hydroxylation is 1. The highest BCUT2D eigenvalue weighted by Gasteiger charge is 2.08. The SMILES string of the molecule is O=C(CCc1nn2cnnc2s1)NCc1cccnc1. The molecule has 0 saturated carbocycles. The summed E-state index contributed by atoms with van der Waals surface area (Å²) in [5.74, 6) is -0.000168. The fraction of sp³-hybridized carbons (Fsp3) is 0.250. The predicted molar refractivity (Wildman–Crippen MR) is 73.1 cm³/mol. The topological polar surface area (TPSA) is 85.1 Å². The number of hydrogen-bond acceptors (Lipinski definition) is 6. The lowest BCUT2D eigenvalue weighted by Crippen LogP contribution is -2.23. The standard InChI is InChI=1S/C12H12N6OS/c19-10(14-7-9-2-1-5-13-6-9)3-4-11-17-18-8-15-16-12(18)20-11/h1-2,5-6,8H,3-4,7H2,(H,14,19). The van der Waals surface area contributed by atoms with Gasteiger partial charge in [0.1, 0.15) is 11.3 Å². The van der Waals surface area contributed by atoms with E-state index in [4.69, 9.17) is 0 Å². The van der Waals surface area contributed by atoms with Crippen LogP contribution in [0.3, 0.4) is 0 Å². The second-order valence-electron chi connectivity index (χ2n) is 4.19. The highest BCUT2D eigenvalue weighted by atomic mass is 32.1. The van der Waals surface area contributed by atoms with Crippen LogP contribution in [-0.2, 0) is 17.8 Å². The summed E-state index contributed by atoms with van der Waals surface area (Å²) >= 11 is 1.45. The number of nitrogens with zero attached hydrogens (tertiary/aromatic N) is 5. The first kappa shape index (κ1) is 12.7. The van der Waals surface area contributed by atoms with Crippen molar-refractivity contribution in [2.45, 2.75) is 19.4 Å². The van der Waals surface area contributed by atoms with E-state index in [0.717, 1.165) is 15.5 Å². The Kier molecular flexibility index (Phi) is 3.64. The van der Waals surface area contributed by atoms with E-state index in [-0.39, 0.29) is 5.91 Å². The Balaban J connectivity index is 1.48. The van der Waals surface area contributed by atoms with Gasteiger partial charge in [-0.3, -0.25) is 9.78 Å². The molecule has 1 N–H and O–H groups in total. The van der Waals surface area contributed by atoms with Gasteiger partial charge in [-0.1, -0.05) is 17.4 Å². The fourth-order valence-electron chi connectivity index (χ4n) is 1.71. The van der Waals surface area contributed by atoms with Gasteiger partial charge in [0.25, 0.3) is 0 Å². The summed E-state index contributed by atoms with van der Waals surface area (Å²) in [6, 6.07) is 3.77. The van der Waals surface area contributed by atoms with Gasteiger partial charge in [-0.2, -0.15) is 9.61 Å². The number of hydrogen-bond donors (Lipinski definition) is 1. The molecule has 0 fully saturated rings. The second-order valence-corrected chi connectivity index (χ2v) is 5.23. The first-order valence-corrected chi connectivity index (χ1v) is 6.94. The molecular formula is C12H12N6OS. The fourth-order valence-corrected chi connectivity index (χ4v) is 2.53. The predicted octanol–water partition coefficient (Wildman–Crippen LogP) is 0.830. The largest absolute Gasteiger partial charge is 0.352 e. The summed E-state index contributed by atoms with van der Waals surface area (Å²) in [4.78, 5) is 16.5. The molecule has 3 aromatic rings. The van der Waals surface area contributed by atoms with Crippen molar-refractivity contribution in [3.05, 3.63) is 41.4 Å². The zero-order chi connectivity index (χ0) is 13.8. The van der Waals surface area contributed by atoms with Gasteiger partial charge in [-0.05, 0) is 11.6 Å². The van der Waals surface area contributed by atoms with Crippen molar-refractivity contribution in [3.63, 3.8) is 0 Å². The van der Waals surface area contributed by atoms with Crippen LogP contribution in [0.2, 0.25) is 0 Å². The lowest BCUT2D eigenvalue weighted by atomic mass is 10.2. The molecule has 0 radical (unpaired) electrons. The molecular weight excluding hydrogens is 276 g/mol. The first-order chi connectivity index (χ1) is 9.81. The molecule has 0 spiro atoms. The van der Waals surface area contributed by atoms with Crippen molar-refractivity contribution in [1.29, 1.82) is 0 Å². The molecule has 0 saturated heterocycles.